The fourth-order valence-corrected chi connectivity index (χ4v) is 3.69. The first-order valence-electron chi connectivity index (χ1n) is 13.9. The number of unbranched alkanes of at least 4 members (excludes halogenated alkanes) is 2. The Kier molecular flexibility index (Phi) is 19.1. The van der Waals surface area contributed by atoms with Gasteiger partial charge in [0, 0.05) is 33.4 Å². The van der Waals surface area contributed by atoms with Crippen molar-refractivity contribution >= 4 is 41.4 Å². The van der Waals surface area contributed by atoms with Crippen molar-refractivity contribution in [2.75, 3.05) is 26.2 Å². The normalized spacial score (nSPS) is 12.8. The van der Waals surface area contributed by atoms with Gasteiger partial charge in [0.15, 0.2) is 6.04 Å². The van der Waals surface area contributed by atoms with E-state index in [4.69, 9.17) is 0 Å². The van der Waals surface area contributed by atoms with E-state index in [-0.39, 0.29) is 37.1 Å². The molecule has 0 bridgehead atoms. The van der Waals surface area contributed by atoms with Crippen LogP contribution in [-0.4, -0.2) is 85.7 Å². The Morgan fingerprint density at radius 2 is 1.12 bits per heavy atom. The van der Waals surface area contributed by atoms with Crippen molar-refractivity contribution in [3.63, 3.8) is 0 Å². The molecule has 0 rings (SSSR count). The molecular weight excluding hydrogens is 538 g/mol. The van der Waals surface area contributed by atoms with E-state index in [2.05, 4.69) is 37.6 Å². The second-order valence-corrected chi connectivity index (χ2v) is 10.3. The monoisotopic (exact) mass is 585 g/mol. The average Bonchev–Trinajstić information content (AvgIpc) is 2.87. The summed E-state index contributed by atoms with van der Waals surface area (Å²) in [4.78, 5) is 82.8. The molecule has 0 aliphatic rings. The fraction of sp³-hybridized carbons (Fsp3) is 0.731. The number of aliphatic carboxylic acids is 1. The molecule has 0 unspecified atom stereocenters. The number of hydrogen-bond acceptors (Lipinski definition) is 8. The Morgan fingerprint density at radius 3 is 1.59 bits per heavy atom. The van der Waals surface area contributed by atoms with E-state index in [1.165, 1.54) is 13.8 Å². The lowest BCUT2D eigenvalue weighted by Gasteiger charge is -2.22. The first-order valence-corrected chi connectivity index (χ1v) is 13.9. The van der Waals surface area contributed by atoms with Gasteiger partial charge in [0.2, 0.25) is 29.5 Å². The number of nitrogens with one attached hydrogen (secondary N) is 6. The average molecular weight is 586 g/mol. The quantitative estimate of drug-likeness (QED) is 0.0657. The van der Waals surface area contributed by atoms with Gasteiger partial charge in [-0.3, -0.25) is 28.8 Å². The standard InChI is InChI=1S/C26H47N7O8/c1-16(2)13-21(33-23(37)14-30-24(38)19(27)9-5-7-11-28-17(3)34)25(39)31-15-22(36)32-20(26(40)41)10-6-8-12-29-18(4)35/h16,19-21H,5-15,27H2,1-4H3,(H,28,34)(H,29,35)(H,30,38)(H,31,39)(H,32,36)(H,33,37)(H,40,41)/t19-,20-,21+/m1/s1. The maximum atomic E-state index is 12.7. The molecule has 0 aromatic heterocycles. The molecule has 41 heavy (non-hydrogen) atoms. The molecule has 234 valence electrons. The SMILES string of the molecule is CC(=O)NCCCC[C@@H]([NH3+])C(=O)NCC(=O)N[C@@H](CC(C)C)C(=O)NCC(=O)N[C@H](CCCCNC(C)=O)C(=O)[O-]. The summed E-state index contributed by atoms with van der Waals surface area (Å²) in [5, 5.41) is 26.4. The summed E-state index contributed by atoms with van der Waals surface area (Å²) in [5.74, 6) is -4.17. The van der Waals surface area contributed by atoms with Gasteiger partial charge in [-0.1, -0.05) is 13.8 Å². The highest BCUT2D eigenvalue weighted by molar-refractivity contribution is 5.93. The lowest BCUT2D eigenvalue weighted by Crippen LogP contribution is -2.67. The molecule has 0 aliphatic carbocycles. The minimum Gasteiger partial charge on any atom is -0.548 e. The highest BCUT2D eigenvalue weighted by Gasteiger charge is 2.24. The summed E-state index contributed by atoms with van der Waals surface area (Å²) < 4.78 is 0. The molecule has 0 fully saturated rings. The third-order valence-electron chi connectivity index (χ3n) is 5.84. The smallest absolute Gasteiger partial charge is 0.278 e. The first kappa shape index (κ1) is 37.2. The topological polar surface area (TPSA) is 242 Å². The van der Waals surface area contributed by atoms with Crippen LogP contribution in [0.25, 0.3) is 0 Å². The number of rotatable bonds is 21. The molecule has 0 aromatic carbocycles. The fourth-order valence-electron chi connectivity index (χ4n) is 3.69. The van der Waals surface area contributed by atoms with Gasteiger partial charge < -0.3 is 47.5 Å². The molecule has 0 saturated heterocycles. The van der Waals surface area contributed by atoms with Crippen LogP contribution in [0.3, 0.4) is 0 Å². The van der Waals surface area contributed by atoms with Gasteiger partial charge in [0.25, 0.3) is 5.91 Å². The number of quaternary nitrogens is 1. The third-order valence-corrected chi connectivity index (χ3v) is 5.84. The minimum absolute atomic E-state index is 0.0103. The molecule has 15 heteroatoms. The summed E-state index contributed by atoms with van der Waals surface area (Å²) in [6.45, 7) is 6.48. The zero-order valence-electron chi connectivity index (χ0n) is 24.6. The number of hydrogen-bond donors (Lipinski definition) is 7. The first-order chi connectivity index (χ1) is 19.2. The Morgan fingerprint density at radius 1 is 0.659 bits per heavy atom. The molecule has 0 radical (unpaired) electrons. The van der Waals surface area contributed by atoms with E-state index in [1.54, 1.807) is 0 Å². The Hall–Kier alpha value is -3.75. The summed E-state index contributed by atoms with van der Waals surface area (Å²) in [6.07, 6.45) is 3.11. The Bertz CT molecular complexity index is 897. The second-order valence-electron chi connectivity index (χ2n) is 10.3. The summed E-state index contributed by atoms with van der Waals surface area (Å²) >= 11 is 0. The van der Waals surface area contributed by atoms with Crippen molar-refractivity contribution < 1.29 is 44.4 Å². The van der Waals surface area contributed by atoms with Crippen molar-refractivity contribution in [2.45, 2.75) is 90.8 Å². The zero-order chi connectivity index (χ0) is 31.4. The molecule has 9 N–H and O–H groups in total. The molecule has 6 amide bonds. The van der Waals surface area contributed by atoms with Crippen LogP contribution in [-0.2, 0) is 33.6 Å². The molecule has 15 nitrogen and oxygen atoms in total. The maximum Gasteiger partial charge on any atom is 0.278 e. The van der Waals surface area contributed by atoms with Gasteiger partial charge in [-0.05, 0) is 44.4 Å². The van der Waals surface area contributed by atoms with E-state index in [1.807, 2.05) is 13.8 Å². The van der Waals surface area contributed by atoms with Crippen LogP contribution in [0.1, 0.15) is 72.6 Å². The maximum absolute atomic E-state index is 12.7. The third kappa shape index (κ3) is 19.9. The number of carbonyl (C=O) groups excluding carboxylic acids is 7. The van der Waals surface area contributed by atoms with Crippen LogP contribution in [0.5, 0.6) is 0 Å². The van der Waals surface area contributed by atoms with Crippen LogP contribution < -0.4 is 42.7 Å². The van der Waals surface area contributed by atoms with Gasteiger partial charge in [-0.2, -0.15) is 0 Å². The predicted octanol–water partition coefficient (Wildman–Crippen LogP) is -3.79. The van der Waals surface area contributed by atoms with E-state index >= 15 is 0 Å². The van der Waals surface area contributed by atoms with Crippen molar-refractivity contribution in [1.82, 2.24) is 31.9 Å². The van der Waals surface area contributed by atoms with Gasteiger partial charge >= 0.3 is 0 Å². The molecule has 0 saturated carbocycles. The van der Waals surface area contributed by atoms with Gasteiger partial charge in [-0.25, -0.2) is 0 Å². The lowest BCUT2D eigenvalue weighted by atomic mass is 10.0. The van der Waals surface area contributed by atoms with Crippen LogP contribution in [0.2, 0.25) is 0 Å². The largest absolute Gasteiger partial charge is 0.548 e. The van der Waals surface area contributed by atoms with E-state index in [0.29, 0.717) is 45.2 Å². The van der Waals surface area contributed by atoms with E-state index in [9.17, 15) is 38.7 Å². The van der Waals surface area contributed by atoms with Gasteiger partial charge in [-0.15, -0.1) is 0 Å². The van der Waals surface area contributed by atoms with Crippen molar-refractivity contribution in [2.24, 2.45) is 5.92 Å². The Balaban J connectivity index is 4.65. The zero-order valence-corrected chi connectivity index (χ0v) is 24.6. The van der Waals surface area contributed by atoms with Crippen LogP contribution in [0.4, 0.5) is 0 Å². The van der Waals surface area contributed by atoms with E-state index < -0.39 is 54.3 Å². The van der Waals surface area contributed by atoms with Crippen LogP contribution >= 0.6 is 0 Å². The number of carboxylic acid groups (broad SMARTS) is 1. The second kappa shape index (κ2) is 21.1. The number of carbonyl (C=O) groups is 7. The van der Waals surface area contributed by atoms with Crippen molar-refractivity contribution in [3.8, 4) is 0 Å². The van der Waals surface area contributed by atoms with Crippen molar-refractivity contribution in [3.05, 3.63) is 0 Å². The summed E-state index contributed by atoms with van der Waals surface area (Å²) in [7, 11) is 0. The molecular formula is C26H47N7O8. The van der Waals surface area contributed by atoms with E-state index in [0.717, 1.165) is 0 Å². The summed E-state index contributed by atoms with van der Waals surface area (Å²) in [6, 6.07) is -2.83. The highest BCUT2D eigenvalue weighted by Crippen LogP contribution is 2.05. The molecule has 3 atom stereocenters. The molecule has 0 aromatic rings. The number of carboxylic acids is 1. The highest BCUT2D eigenvalue weighted by atomic mass is 16.4. The van der Waals surface area contributed by atoms with Crippen LogP contribution in [0.15, 0.2) is 0 Å². The van der Waals surface area contributed by atoms with Crippen LogP contribution in [0, 0.1) is 5.92 Å². The molecule has 0 heterocycles. The van der Waals surface area contributed by atoms with Gasteiger partial charge in [0.05, 0.1) is 25.1 Å². The van der Waals surface area contributed by atoms with Gasteiger partial charge in [0.1, 0.15) is 6.04 Å². The lowest BCUT2D eigenvalue weighted by molar-refractivity contribution is -0.405. The van der Waals surface area contributed by atoms with Crippen molar-refractivity contribution in [1.29, 1.82) is 0 Å². The minimum atomic E-state index is -1.47. The Labute approximate surface area is 240 Å². The summed E-state index contributed by atoms with van der Waals surface area (Å²) in [5.41, 5.74) is 3.79. The molecule has 0 aliphatic heterocycles. The predicted molar refractivity (Wildman–Crippen MR) is 146 cm³/mol. The number of amides is 6. The molecule has 0 spiro atoms.